The van der Waals surface area contributed by atoms with E-state index in [1.807, 2.05) is 0 Å². The molecule has 0 unspecified atom stereocenters. The molecule has 0 aliphatic carbocycles. The fourth-order valence-electron chi connectivity index (χ4n) is 3.21. The quantitative estimate of drug-likeness (QED) is 0.430. The van der Waals surface area contributed by atoms with Crippen molar-refractivity contribution in [2.45, 2.75) is 13.0 Å². The molecule has 2 aromatic carbocycles. The van der Waals surface area contributed by atoms with Gasteiger partial charge in [0, 0.05) is 13.0 Å². The minimum Gasteiger partial charge on any atom is -0.496 e. The predicted molar refractivity (Wildman–Crippen MR) is 101 cm³/mol. The molecule has 2 amide bonds. The highest BCUT2D eigenvalue weighted by molar-refractivity contribution is 6.21. The number of ether oxygens (including phenoxy) is 1. The molecule has 0 spiro atoms. The van der Waals surface area contributed by atoms with E-state index in [0.717, 1.165) is 15.8 Å². The van der Waals surface area contributed by atoms with Crippen LogP contribution in [0.1, 0.15) is 36.9 Å². The van der Waals surface area contributed by atoms with Crippen LogP contribution < -0.4 is 4.74 Å². The largest absolute Gasteiger partial charge is 0.496 e. The molecule has 10 heteroatoms. The fourth-order valence-corrected chi connectivity index (χ4v) is 3.21. The normalized spacial score (nSPS) is 12.9. The van der Waals surface area contributed by atoms with Gasteiger partial charge in [0.1, 0.15) is 18.1 Å². The Morgan fingerprint density at radius 2 is 1.80 bits per heavy atom. The Bertz CT molecular complexity index is 1120. The summed E-state index contributed by atoms with van der Waals surface area (Å²) in [6.07, 6.45) is 0.183. The molecule has 0 fully saturated rings. The monoisotopic (exact) mass is 409 g/mol. The molecule has 2 heterocycles. The van der Waals surface area contributed by atoms with Crippen molar-refractivity contribution in [1.29, 1.82) is 0 Å². The van der Waals surface area contributed by atoms with E-state index >= 15 is 0 Å². The van der Waals surface area contributed by atoms with Crippen molar-refractivity contribution >= 4 is 17.6 Å². The molecule has 152 valence electrons. The molecular formula is C20H16FN5O4. The zero-order chi connectivity index (χ0) is 21.3. The van der Waals surface area contributed by atoms with E-state index in [4.69, 9.17) is 4.74 Å². The van der Waals surface area contributed by atoms with Gasteiger partial charge < -0.3 is 4.74 Å². The average Bonchev–Trinajstić information content (AvgIpc) is 3.29. The van der Waals surface area contributed by atoms with Crippen molar-refractivity contribution in [3.05, 3.63) is 70.8 Å². The maximum absolute atomic E-state index is 13.5. The van der Waals surface area contributed by atoms with E-state index in [1.54, 1.807) is 24.3 Å². The average molecular weight is 409 g/mol. The lowest BCUT2D eigenvalue weighted by atomic mass is 10.1. The second-order valence-electron chi connectivity index (χ2n) is 6.56. The summed E-state index contributed by atoms with van der Waals surface area (Å²) < 4.78 is 18.6. The van der Waals surface area contributed by atoms with E-state index in [-0.39, 0.29) is 48.5 Å². The lowest BCUT2D eigenvalue weighted by Crippen LogP contribution is -2.32. The lowest BCUT2D eigenvalue weighted by Gasteiger charge is -2.11. The summed E-state index contributed by atoms with van der Waals surface area (Å²) in [4.78, 5) is 39.4. The third-order valence-electron chi connectivity index (χ3n) is 4.68. The number of halogens is 1. The van der Waals surface area contributed by atoms with E-state index < -0.39 is 11.6 Å². The predicted octanol–water partition coefficient (Wildman–Crippen LogP) is 1.54. The number of benzene rings is 2. The van der Waals surface area contributed by atoms with Gasteiger partial charge >= 0.3 is 0 Å². The zero-order valence-electron chi connectivity index (χ0n) is 15.9. The highest BCUT2D eigenvalue weighted by Crippen LogP contribution is 2.22. The second kappa shape index (κ2) is 7.82. The first-order chi connectivity index (χ1) is 14.5. The van der Waals surface area contributed by atoms with Gasteiger partial charge in [-0.25, -0.2) is 4.39 Å². The second-order valence-corrected chi connectivity index (χ2v) is 6.56. The minimum atomic E-state index is -0.563. The van der Waals surface area contributed by atoms with Crippen LogP contribution in [0.3, 0.4) is 0 Å². The summed E-state index contributed by atoms with van der Waals surface area (Å²) in [5.74, 6) is -1.23. The number of tetrazole rings is 1. The number of carbonyl (C=O) groups excluding carboxylic acids is 3. The molecule has 0 saturated heterocycles. The Morgan fingerprint density at radius 3 is 2.47 bits per heavy atom. The Balaban J connectivity index is 1.41. The first-order valence-electron chi connectivity index (χ1n) is 9.06. The van der Waals surface area contributed by atoms with Crippen LogP contribution in [0.25, 0.3) is 0 Å². The summed E-state index contributed by atoms with van der Waals surface area (Å²) in [5, 5.41) is 11.8. The van der Waals surface area contributed by atoms with Gasteiger partial charge in [-0.05, 0) is 35.5 Å². The number of hydrogen-bond acceptors (Lipinski definition) is 7. The molecule has 0 bridgehead atoms. The molecule has 30 heavy (non-hydrogen) atoms. The molecule has 0 atom stereocenters. The van der Waals surface area contributed by atoms with Crippen LogP contribution >= 0.6 is 0 Å². The number of Topliss-reactive ketones (excluding diaryl/α,β-unsaturated/α-hetero) is 1. The van der Waals surface area contributed by atoms with E-state index in [0.29, 0.717) is 11.1 Å². The number of carbonyl (C=O) groups is 3. The molecule has 1 aliphatic rings. The Kier molecular flexibility index (Phi) is 5.05. The van der Waals surface area contributed by atoms with Crippen LogP contribution in [0.15, 0.2) is 42.5 Å². The Morgan fingerprint density at radius 1 is 1.10 bits per heavy atom. The van der Waals surface area contributed by atoms with Crippen LogP contribution in [0.5, 0.6) is 5.75 Å². The zero-order valence-corrected chi connectivity index (χ0v) is 15.9. The maximum atomic E-state index is 13.5. The van der Waals surface area contributed by atoms with Crippen LogP contribution in [0.2, 0.25) is 0 Å². The highest BCUT2D eigenvalue weighted by atomic mass is 19.1. The third kappa shape index (κ3) is 3.54. The smallest absolute Gasteiger partial charge is 0.261 e. The molecule has 9 nitrogen and oxygen atoms in total. The topological polar surface area (TPSA) is 107 Å². The summed E-state index contributed by atoms with van der Waals surface area (Å²) in [5.41, 5.74) is 0.810. The van der Waals surface area contributed by atoms with E-state index in [9.17, 15) is 18.8 Å². The Hall–Kier alpha value is -3.95. The van der Waals surface area contributed by atoms with Gasteiger partial charge in [-0.1, -0.05) is 12.1 Å². The maximum Gasteiger partial charge on any atom is 0.261 e. The number of fused-ring (bicyclic) bond motifs is 1. The number of imide groups is 1. The number of nitrogens with zero attached hydrogens (tertiary/aromatic N) is 5. The van der Waals surface area contributed by atoms with Gasteiger partial charge in [0.15, 0.2) is 11.6 Å². The van der Waals surface area contributed by atoms with Gasteiger partial charge in [0.2, 0.25) is 0 Å². The number of methoxy groups -OCH3 is 1. The highest BCUT2D eigenvalue weighted by Gasteiger charge is 2.34. The molecule has 1 aromatic heterocycles. The van der Waals surface area contributed by atoms with Gasteiger partial charge in [-0.15, -0.1) is 10.2 Å². The van der Waals surface area contributed by atoms with E-state index in [2.05, 4.69) is 15.4 Å². The van der Waals surface area contributed by atoms with Crippen LogP contribution in [0, 0.1) is 5.82 Å². The van der Waals surface area contributed by atoms with Crippen molar-refractivity contribution in [2.75, 3.05) is 13.7 Å². The summed E-state index contributed by atoms with van der Waals surface area (Å²) in [6.45, 7) is -0.177. The number of hydrogen-bond donors (Lipinski definition) is 0. The molecule has 0 N–H and O–H groups in total. The molecule has 3 aromatic rings. The van der Waals surface area contributed by atoms with Crippen LogP contribution in [-0.2, 0) is 13.0 Å². The van der Waals surface area contributed by atoms with Crippen molar-refractivity contribution in [2.24, 2.45) is 0 Å². The Labute approximate surface area is 170 Å². The third-order valence-corrected chi connectivity index (χ3v) is 4.68. The van der Waals surface area contributed by atoms with Gasteiger partial charge in [0.25, 0.3) is 11.8 Å². The SMILES string of the molecule is COc1ccc(F)cc1C(=O)Cn1nnc(CCN2C(=O)c3ccccc3C2=O)n1. The number of aromatic nitrogens is 4. The summed E-state index contributed by atoms with van der Waals surface area (Å²) >= 11 is 0. The standard InChI is InChI=1S/C20H16FN5O4/c1-30-17-7-6-12(21)10-15(17)16(27)11-26-23-18(22-24-26)8-9-25-19(28)13-4-2-3-5-14(13)20(25)29/h2-7,10H,8-9,11H2,1H3. The molecule has 0 saturated carbocycles. The van der Waals surface area contributed by atoms with Crippen LogP contribution in [-0.4, -0.2) is 56.4 Å². The first-order valence-corrected chi connectivity index (χ1v) is 9.06. The molecule has 4 rings (SSSR count). The van der Waals surface area contributed by atoms with E-state index in [1.165, 1.54) is 19.2 Å². The van der Waals surface area contributed by atoms with Gasteiger partial charge in [-0.2, -0.15) is 4.80 Å². The van der Waals surface area contributed by atoms with Crippen molar-refractivity contribution in [3.8, 4) is 5.75 Å². The first kappa shape index (κ1) is 19.4. The van der Waals surface area contributed by atoms with Crippen molar-refractivity contribution in [3.63, 3.8) is 0 Å². The number of ketones is 1. The molecular weight excluding hydrogens is 393 g/mol. The fraction of sp³-hybridized carbons (Fsp3) is 0.200. The molecule has 1 aliphatic heterocycles. The number of amides is 2. The van der Waals surface area contributed by atoms with Gasteiger partial charge in [0.05, 0.1) is 23.8 Å². The summed E-state index contributed by atoms with van der Waals surface area (Å²) in [6, 6.07) is 10.3. The number of rotatable bonds is 7. The summed E-state index contributed by atoms with van der Waals surface area (Å²) in [7, 11) is 1.38. The lowest BCUT2D eigenvalue weighted by molar-refractivity contribution is 0.0655. The minimum absolute atomic E-state index is 0.0716. The van der Waals surface area contributed by atoms with Gasteiger partial charge in [-0.3, -0.25) is 19.3 Å². The molecule has 0 radical (unpaired) electrons. The van der Waals surface area contributed by atoms with Crippen molar-refractivity contribution < 1.29 is 23.5 Å². The van der Waals surface area contributed by atoms with Crippen LogP contribution in [0.4, 0.5) is 4.39 Å². The van der Waals surface area contributed by atoms with Crippen molar-refractivity contribution in [1.82, 2.24) is 25.1 Å².